The van der Waals surface area contributed by atoms with E-state index in [9.17, 15) is 24.5 Å². The van der Waals surface area contributed by atoms with Crippen molar-refractivity contribution in [2.24, 2.45) is 0 Å². The summed E-state index contributed by atoms with van der Waals surface area (Å²) in [5.74, 6) is -2.16. The standard InChI is InChI=1S/C19H17N3O6/c1-13(23)20-16(11-14-7-3-2-4-8-14)19(25)28-12-18(24)21-15-9-5-6-10-17(15)22(26)27/h2-11H,12H2,1H3,(H,20,23)(H,21,24). The molecule has 0 bridgehead atoms. The summed E-state index contributed by atoms with van der Waals surface area (Å²) >= 11 is 0. The lowest BCUT2D eigenvalue weighted by atomic mass is 10.2. The van der Waals surface area contributed by atoms with E-state index in [1.54, 1.807) is 30.3 Å². The molecule has 2 aromatic rings. The average molecular weight is 383 g/mol. The van der Waals surface area contributed by atoms with Crippen molar-refractivity contribution < 1.29 is 24.0 Å². The topological polar surface area (TPSA) is 128 Å². The van der Waals surface area contributed by atoms with E-state index in [-0.39, 0.29) is 17.1 Å². The quantitative estimate of drug-likeness (QED) is 0.327. The van der Waals surface area contributed by atoms with Gasteiger partial charge >= 0.3 is 5.97 Å². The molecule has 0 atom stereocenters. The van der Waals surface area contributed by atoms with Crippen molar-refractivity contribution in [2.45, 2.75) is 6.92 Å². The van der Waals surface area contributed by atoms with E-state index in [1.807, 2.05) is 0 Å². The van der Waals surface area contributed by atoms with Crippen LogP contribution in [-0.2, 0) is 19.1 Å². The van der Waals surface area contributed by atoms with Gasteiger partial charge in [0, 0.05) is 13.0 Å². The van der Waals surface area contributed by atoms with E-state index in [4.69, 9.17) is 4.74 Å². The first-order valence-electron chi connectivity index (χ1n) is 8.11. The number of carbonyl (C=O) groups excluding carboxylic acids is 3. The Kier molecular flexibility index (Phi) is 6.98. The molecule has 2 rings (SSSR count). The number of ether oxygens (including phenoxy) is 1. The summed E-state index contributed by atoms with van der Waals surface area (Å²) in [7, 11) is 0. The summed E-state index contributed by atoms with van der Waals surface area (Å²) < 4.78 is 4.91. The van der Waals surface area contributed by atoms with Gasteiger partial charge in [-0.05, 0) is 17.7 Å². The number of esters is 1. The van der Waals surface area contributed by atoms with Gasteiger partial charge in [0.2, 0.25) is 5.91 Å². The lowest BCUT2D eigenvalue weighted by Crippen LogP contribution is -2.29. The highest BCUT2D eigenvalue weighted by Crippen LogP contribution is 2.22. The predicted octanol–water partition coefficient (Wildman–Crippen LogP) is 2.25. The Hall–Kier alpha value is -4.01. The highest BCUT2D eigenvalue weighted by atomic mass is 16.6. The maximum atomic E-state index is 12.2. The minimum atomic E-state index is -0.920. The molecule has 0 saturated heterocycles. The molecule has 0 aliphatic carbocycles. The van der Waals surface area contributed by atoms with Crippen LogP contribution in [0.2, 0.25) is 0 Å². The van der Waals surface area contributed by atoms with Gasteiger partial charge in [0.25, 0.3) is 11.6 Å². The highest BCUT2D eigenvalue weighted by Gasteiger charge is 2.18. The van der Waals surface area contributed by atoms with Crippen LogP contribution < -0.4 is 10.6 Å². The maximum absolute atomic E-state index is 12.2. The van der Waals surface area contributed by atoms with E-state index >= 15 is 0 Å². The van der Waals surface area contributed by atoms with Gasteiger partial charge < -0.3 is 15.4 Å². The van der Waals surface area contributed by atoms with Gasteiger partial charge in [0.05, 0.1) is 4.92 Å². The zero-order valence-electron chi connectivity index (χ0n) is 14.9. The number of benzene rings is 2. The molecule has 9 nitrogen and oxygen atoms in total. The number of nitrogens with one attached hydrogen (secondary N) is 2. The van der Waals surface area contributed by atoms with Crippen LogP contribution in [0.5, 0.6) is 0 Å². The molecule has 0 spiro atoms. The van der Waals surface area contributed by atoms with Crippen LogP contribution in [0, 0.1) is 10.1 Å². The fraction of sp³-hybridized carbons (Fsp3) is 0.105. The predicted molar refractivity (Wildman–Crippen MR) is 101 cm³/mol. The Morgan fingerprint density at radius 2 is 1.71 bits per heavy atom. The number of nitro benzene ring substituents is 1. The zero-order valence-corrected chi connectivity index (χ0v) is 14.9. The Balaban J connectivity index is 2.04. The molecule has 0 aliphatic heterocycles. The second kappa shape index (κ2) is 9.62. The number of anilines is 1. The average Bonchev–Trinajstić information content (AvgIpc) is 2.66. The van der Waals surface area contributed by atoms with Gasteiger partial charge in [-0.3, -0.25) is 19.7 Å². The smallest absolute Gasteiger partial charge is 0.355 e. The van der Waals surface area contributed by atoms with Gasteiger partial charge in [-0.15, -0.1) is 0 Å². The largest absolute Gasteiger partial charge is 0.451 e. The van der Waals surface area contributed by atoms with Crippen LogP contribution in [0.3, 0.4) is 0 Å². The van der Waals surface area contributed by atoms with Gasteiger partial charge in [0.1, 0.15) is 11.4 Å². The fourth-order valence-electron chi connectivity index (χ4n) is 2.19. The van der Waals surface area contributed by atoms with Crippen molar-refractivity contribution in [1.29, 1.82) is 0 Å². The molecule has 0 radical (unpaired) electrons. The zero-order chi connectivity index (χ0) is 20.5. The van der Waals surface area contributed by atoms with E-state index in [1.165, 1.54) is 37.3 Å². The van der Waals surface area contributed by atoms with Gasteiger partial charge in [-0.2, -0.15) is 0 Å². The first-order valence-corrected chi connectivity index (χ1v) is 8.11. The number of amides is 2. The van der Waals surface area contributed by atoms with Crippen LogP contribution in [-0.4, -0.2) is 29.3 Å². The molecule has 9 heteroatoms. The van der Waals surface area contributed by atoms with Crippen LogP contribution in [0.25, 0.3) is 6.08 Å². The third-order valence-corrected chi connectivity index (χ3v) is 3.35. The monoisotopic (exact) mass is 383 g/mol. The first-order chi connectivity index (χ1) is 13.4. The highest BCUT2D eigenvalue weighted by molar-refractivity contribution is 6.00. The summed E-state index contributed by atoms with van der Waals surface area (Å²) in [6.45, 7) is 0.546. The maximum Gasteiger partial charge on any atom is 0.355 e. The third kappa shape index (κ3) is 6.06. The number of carbonyl (C=O) groups is 3. The summed E-state index contributed by atoms with van der Waals surface area (Å²) in [5, 5.41) is 15.6. The molecule has 0 fully saturated rings. The van der Waals surface area contributed by atoms with E-state index in [0.717, 1.165) is 0 Å². The molecule has 2 amide bonds. The minimum absolute atomic E-state index is 0.0181. The lowest BCUT2D eigenvalue weighted by molar-refractivity contribution is -0.383. The van der Waals surface area contributed by atoms with Crippen LogP contribution in [0.4, 0.5) is 11.4 Å². The second-order valence-corrected chi connectivity index (χ2v) is 5.55. The summed E-state index contributed by atoms with van der Waals surface area (Å²) in [6, 6.07) is 14.3. The van der Waals surface area contributed by atoms with Crippen molar-refractivity contribution in [3.63, 3.8) is 0 Å². The molecule has 0 aromatic heterocycles. The Labute approximate surface area is 160 Å². The number of rotatable bonds is 7. The molecular formula is C19H17N3O6. The first kappa shape index (κ1) is 20.3. The lowest BCUT2D eigenvalue weighted by Gasteiger charge is -2.10. The molecule has 0 unspecified atom stereocenters. The van der Waals surface area contributed by atoms with Crippen molar-refractivity contribution in [1.82, 2.24) is 5.32 Å². The van der Waals surface area contributed by atoms with Crippen molar-refractivity contribution in [3.05, 3.63) is 76.0 Å². The normalized spacial score (nSPS) is 10.7. The van der Waals surface area contributed by atoms with E-state index in [0.29, 0.717) is 5.56 Å². The molecular weight excluding hydrogens is 366 g/mol. The van der Waals surface area contributed by atoms with Crippen molar-refractivity contribution >= 4 is 35.2 Å². The number of nitrogens with zero attached hydrogens (tertiary/aromatic N) is 1. The SMILES string of the molecule is CC(=O)NC(=Cc1ccccc1)C(=O)OCC(=O)Nc1ccccc1[N+](=O)[O-]. The summed E-state index contributed by atoms with van der Waals surface area (Å²) in [6.07, 6.45) is 1.41. The third-order valence-electron chi connectivity index (χ3n) is 3.35. The van der Waals surface area contributed by atoms with Crippen LogP contribution >= 0.6 is 0 Å². The second-order valence-electron chi connectivity index (χ2n) is 5.55. The van der Waals surface area contributed by atoms with E-state index in [2.05, 4.69) is 10.6 Å². The Morgan fingerprint density at radius 3 is 2.36 bits per heavy atom. The molecule has 0 saturated carbocycles. The minimum Gasteiger partial charge on any atom is -0.451 e. The van der Waals surface area contributed by atoms with Gasteiger partial charge in [-0.1, -0.05) is 42.5 Å². The van der Waals surface area contributed by atoms with Crippen molar-refractivity contribution in [2.75, 3.05) is 11.9 Å². The molecule has 0 heterocycles. The van der Waals surface area contributed by atoms with Crippen LogP contribution in [0.1, 0.15) is 12.5 Å². The summed E-state index contributed by atoms with van der Waals surface area (Å²) in [5.41, 5.74) is 0.199. The number of nitro groups is 1. The number of para-hydroxylation sites is 2. The number of hydrogen-bond donors (Lipinski definition) is 2. The van der Waals surface area contributed by atoms with Crippen molar-refractivity contribution in [3.8, 4) is 0 Å². The van der Waals surface area contributed by atoms with Crippen LogP contribution in [0.15, 0.2) is 60.3 Å². The molecule has 28 heavy (non-hydrogen) atoms. The fourth-order valence-corrected chi connectivity index (χ4v) is 2.19. The molecule has 2 N–H and O–H groups in total. The van der Waals surface area contributed by atoms with E-state index < -0.39 is 29.3 Å². The molecule has 0 aliphatic rings. The molecule has 2 aromatic carbocycles. The van der Waals surface area contributed by atoms with Gasteiger partial charge in [0.15, 0.2) is 6.61 Å². The van der Waals surface area contributed by atoms with Gasteiger partial charge in [-0.25, -0.2) is 4.79 Å². The molecule has 144 valence electrons. The Morgan fingerprint density at radius 1 is 1.07 bits per heavy atom. The summed E-state index contributed by atoms with van der Waals surface area (Å²) in [4.78, 5) is 45.8. The Bertz CT molecular complexity index is 924. The number of hydrogen-bond acceptors (Lipinski definition) is 6.